The molecule has 1 heterocycles. The first-order chi connectivity index (χ1) is 8.29. The van der Waals surface area contributed by atoms with Gasteiger partial charge < -0.3 is 5.32 Å². The molecular formula is C15H30N2. The van der Waals surface area contributed by atoms with Gasteiger partial charge in [0.1, 0.15) is 0 Å². The third kappa shape index (κ3) is 3.96. The SMILES string of the molecule is CCC1CN(CCCC2CCCC2)C(C)CN1. The molecule has 2 atom stereocenters. The van der Waals surface area contributed by atoms with Crippen molar-refractivity contribution >= 4 is 0 Å². The lowest BCUT2D eigenvalue weighted by Gasteiger charge is -2.38. The van der Waals surface area contributed by atoms with Gasteiger partial charge in [-0.15, -0.1) is 0 Å². The van der Waals surface area contributed by atoms with E-state index in [0.29, 0.717) is 0 Å². The lowest BCUT2D eigenvalue weighted by atomic mass is 10.0. The molecule has 1 aliphatic heterocycles. The van der Waals surface area contributed by atoms with Crippen molar-refractivity contribution in [2.24, 2.45) is 5.92 Å². The van der Waals surface area contributed by atoms with Gasteiger partial charge in [-0.1, -0.05) is 32.6 Å². The summed E-state index contributed by atoms with van der Waals surface area (Å²) in [5.41, 5.74) is 0. The van der Waals surface area contributed by atoms with Crippen LogP contribution in [0.4, 0.5) is 0 Å². The molecule has 0 aromatic rings. The average Bonchev–Trinajstić information content (AvgIpc) is 2.84. The molecule has 17 heavy (non-hydrogen) atoms. The molecule has 0 bridgehead atoms. The van der Waals surface area contributed by atoms with Gasteiger partial charge in [-0.2, -0.15) is 0 Å². The van der Waals surface area contributed by atoms with Gasteiger partial charge >= 0.3 is 0 Å². The molecule has 2 aliphatic rings. The van der Waals surface area contributed by atoms with E-state index in [1.54, 1.807) is 0 Å². The Morgan fingerprint density at radius 2 is 2.00 bits per heavy atom. The van der Waals surface area contributed by atoms with Crippen molar-refractivity contribution < 1.29 is 0 Å². The Bertz CT molecular complexity index is 211. The average molecular weight is 238 g/mol. The summed E-state index contributed by atoms with van der Waals surface area (Å²) in [5, 5.41) is 3.64. The molecule has 0 amide bonds. The summed E-state index contributed by atoms with van der Waals surface area (Å²) in [6, 6.07) is 1.47. The molecule has 0 radical (unpaired) electrons. The molecule has 1 saturated carbocycles. The maximum absolute atomic E-state index is 3.64. The normalized spacial score (nSPS) is 32.1. The second kappa shape index (κ2) is 6.75. The maximum Gasteiger partial charge on any atom is 0.0193 e. The highest BCUT2D eigenvalue weighted by Crippen LogP contribution is 2.28. The Morgan fingerprint density at radius 3 is 2.71 bits per heavy atom. The van der Waals surface area contributed by atoms with E-state index in [9.17, 15) is 0 Å². The quantitative estimate of drug-likeness (QED) is 0.792. The fraction of sp³-hybridized carbons (Fsp3) is 1.00. The highest BCUT2D eigenvalue weighted by molar-refractivity contribution is 4.83. The van der Waals surface area contributed by atoms with E-state index in [0.717, 1.165) is 18.0 Å². The summed E-state index contributed by atoms with van der Waals surface area (Å²) in [7, 11) is 0. The molecular weight excluding hydrogens is 208 g/mol. The molecule has 1 saturated heterocycles. The van der Waals surface area contributed by atoms with Crippen LogP contribution >= 0.6 is 0 Å². The van der Waals surface area contributed by atoms with Crippen molar-refractivity contribution in [2.45, 2.75) is 70.9 Å². The number of nitrogens with one attached hydrogen (secondary N) is 1. The van der Waals surface area contributed by atoms with Gasteiger partial charge in [0.15, 0.2) is 0 Å². The monoisotopic (exact) mass is 238 g/mol. The van der Waals surface area contributed by atoms with Gasteiger partial charge in [-0.3, -0.25) is 4.90 Å². The van der Waals surface area contributed by atoms with Crippen LogP contribution in [0.1, 0.15) is 58.8 Å². The highest BCUT2D eigenvalue weighted by atomic mass is 15.2. The number of rotatable bonds is 5. The first kappa shape index (κ1) is 13.4. The molecule has 0 spiro atoms. The van der Waals surface area contributed by atoms with Crippen LogP contribution in [0.3, 0.4) is 0 Å². The largest absolute Gasteiger partial charge is 0.311 e. The van der Waals surface area contributed by atoms with Crippen LogP contribution in [-0.2, 0) is 0 Å². The van der Waals surface area contributed by atoms with Crippen LogP contribution in [0.5, 0.6) is 0 Å². The van der Waals surface area contributed by atoms with Gasteiger partial charge in [0.25, 0.3) is 0 Å². The van der Waals surface area contributed by atoms with Gasteiger partial charge in [0.05, 0.1) is 0 Å². The minimum Gasteiger partial charge on any atom is -0.311 e. The van der Waals surface area contributed by atoms with Crippen LogP contribution in [0.25, 0.3) is 0 Å². The van der Waals surface area contributed by atoms with Gasteiger partial charge in [-0.05, 0) is 38.6 Å². The van der Waals surface area contributed by atoms with E-state index in [4.69, 9.17) is 0 Å². The zero-order chi connectivity index (χ0) is 12.1. The predicted octanol–water partition coefficient (Wildman–Crippen LogP) is 3.03. The molecule has 0 aromatic heterocycles. The molecule has 2 heteroatoms. The minimum atomic E-state index is 0.734. The van der Waals surface area contributed by atoms with Crippen LogP contribution in [-0.4, -0.2) is 36.6 Å². The minimum absolute atomic E-state index is 0.734. The second-order valence-corrected chi connectivity index (χ2v) is 6.15. The maximum atomic E-state index is 3.64. The first-order valence-corrected chi connectivity index (χ1v) is 7.77. The third-order valence-electron chi connectivity index (χ3n) is 4.81. The third-order valence-corrected chi connectivity index (χ3v) is 4.81. The van der Waals surface area contributed by atoms with E-state index in [2.05, 4.69) is 24.1 Å². The molecule has 1 aliphatic carbocycles. The Morgan fingerprint density at radius 1 is 1.24 bits per heavy atom. The Kier molecular flexibility index (Phi) is 5.30. The fourth-order valence-electron chi connectivity index (χ4n) is 3.46. The first-order valence-electron chi connectivity index (χ1n) is 7.77. The van der Waals surface area contributed by atoms with Crippen molar-refractivity contribution in [1.82, 2.24) is 10.2 Å². The Hall–Kier alpha value is -0.0800. The summed E-state index contributed by atoms with van der Waals surface area (Å²) < 4.78 is 0. The molecule has 2 nitrogen and oxygen atoms in total. The number of nitrogens with zero attached hydrogens (tertiary/aromatic N) is 1. The Labute approximate surface area is 107 Å². The zero-order valence-corrected chi connectivity index (χ0v) is 11.8. The van der Waals surface area contributed by atoms with Gasteiger partial charge in [-0.25, -0.2) is 0 Å². The van der Waals surface area contributed by atoms with Gasteiger partial charge in [0, 0.05) is 25.2 Å². The molecule has 100 valence electrons. The summed E-state index contributed by atoms with van der Waals surface area (Å²) >= 11 is 0. The van der Waals surface area contributed by atoms with E-state index < -0.39 is 0 Å². The summed E-state index contributed by atoms with van der Waals surface area (Å²) in [6.45, 7) is 8.44. The summed E-state index contributed by atoms with van der Waals surface area (Å²) in [5.74, 6) is 1.06. The van der Waals surface area contributed by atoms with Crippen molar-refractivity contribution in [3.8, 4) is 0 Å². The summed E-state index contributed by atoms with van der Waals surface area (Å²) in [6.07, 6.45) is 10.2. The number of hydrogen-bond acceptors (Lipinski definition) is 2. The van der Waals surface area contributed by atoms with Crippen molar-refractivity contribution in [1.29, 1.82) is 0 Å². The lowest BCUT2D eigenvalue weighted by molar-refractivity contribution is 0.135. The van der Waals surface area contributed by atoms with Crippen LogP contribution < -0.4 is 5.32 Å². The second-order valence-electron chi connectivity index (χ2n) is 6.15. The van der Waals surface area contributed by atoms with Crippen LogP contribution in [0, 0.1) is 5.92 Å². The smallest absolute Gasteiger partial charge is 0.0193 e. The predicted molar refractivity (Wildman–Crippen MR) is 74.3 cm³/mol. The van der Waals surface area contributed by atoms with E-state index in [1.807, 2.05) is 0 Å². The molecule has 0 aromatic carbocycles. The van der Waals surface area contributed by atoms with Crippen molar-refractivity contribution in [3.63, 3.8) is 0 Å². The van der Waals surface area contributed by atoms with Crippen LogP contribution in [0.15, 0.2) is 0 Å². The topological polar surface area (TPSA) is 15.3 Å². The van der Waals surface area contributed by atoms with E-state index in [-0.39, 0.29) is 0 Å². The molecule has 2 unspecified atom stereocenters. The highest BCUT2D eigenvalue weighted by Gasteiger charge is 2.23. The zero-order valence-electron chi connectivity index (χ0n) is 11.8. The lowest BCUT2D eigenvalue weighted by Crippen LogP contribution is -2.55. The standard InChI is InChI=1S/C15H30N2/c1-3-15-12-17(13(2)11-16-15)10-6-9-14-7-4-5-8-14/h13-16H,3-12H2,1-2H3. The van der Waals surface area contributed by atoms with Crippen molar-refractivity contribution in [2.75, 3.05) is 19.6 Å². The number of piperazine rings is 1. The van der Waals surface area contributed by atoms with Crippen LogP contribution in [0.2, 0.25) is 0 Å². The van der Waals surface area contributed by atoms with E-state index in [1.165, 1.54) is 64.6 Å². The fourth-order valence-corrected chi connectivity index (χ4v) is 3.46. The molecule has 1 N–H and O–H groups in total. The molecule has 2 rings (SSSR count). The number of hydrogen-bond donors (Lipinski definition) is 1. The molecule has 2 fully saturated rings. The van der Waals surface area contributed by atoms with Gasteiger partial charge in [0.2, 0.25) is 0 Å². The van der Waals surface area contributed by atoms with Crippen molar-refractivity contribution in [3.05, 3.63) is 0 Å². The Balaban J connectivity index is 1.65. The summed E-state index contributed by atoms with van der Waals surface area (Å²) in [4.78, 5) is 2.71. The van der Waals surface area contributed by atoms with E-state index >= 15 is 0 Å².